The zero-order valence-electron chi connectivity index (χ0n) is 12.3. The molecule has 1 N–H and O–H groups in total. The molecule has 112 valence electrons. The van der Waals surface area contributed by atoms with Gasteiger partial charge in [0.1, 0.15) is 10.6 Å². The number of nitrogens with one attached hydrogen (secondary N) is 1. The number of hydrogen-bond acceptors (Lipinski definition) is 4. The molecule has 0 bridgehead atoms. The number of benzene rings is 1. The second kappa shape index (κ2) is 5.52. The molecular formula is C17H16ClN3S. The third-order valence-electron chi connectivity index (χ3n) is 4.19. The monoisotopic (exact) mass is 329 g/mol. The third kappa shape index (κ3) is 2.36. The molecule has 1 aromatic carbocycles. The van der Waals surface area contributed by atoms with Crippen LogP contribution >= 0.6 is 22.9 Å². The first-order valence-electron chi connectivity index (χ1n) is 7.53. The normalized spacial score (nSPS) is 14.1. The van der Waals surface area contributed by atoms with Crippen molar-refractivity contribution in [3.8, 4) is 0 Å². The largest absolute Gasteiger partial charge is 0.339 e. The van der Waals surface area contributed by atoms with Crippen LogP contribution < -0.4 is 5.32 Å². The molecule has 2 aromatic heterocycles. The molecule has 3 nitrogen and oxygen atoms in total. The number of rotatable bonds is 2. The van der Waals surface area contributed by atoms with E-state index in [2.05, 4.69) is 34.3 Å². The van der Waals surface area contributed by atoms with Crippen LogP contribution in [-0.2, 0) is 12.8 Å². The molecule has 0 amide bonds. The molecule has 0 spiro atoms. The summed E-state index contributed by atoms with van der Waals surface area (Å²) in [7, 11) is 0. The summed E-state index contributed by atoms with van der Waals surface area (Å²) in [5.74, 6) is 0.837. The van der Waals surface area contributed by atoms with Gasteiger partial charge >= 0.3 is 0 Å². The maximum Gasteiger partial charge on any atom is 0.225 e. The van der Waals surface area contributed by atoms with E-state index in [4.69, 9.17) is 11.6 Å². The summed E-state index contributed by atoms with van der Waals surface area (Å²) in [6, 6.07) is 8.22. The number of halogens is 1. The molecule has 4 rings (SSSR count). The Morgan fingerprint density at radius 1 is 1.14 bits per heavy atom. The van der Waals surface area contributed by atoms with Gasteiger partial charge in [-0.2, -0.15) is 4.98 Å². The summed E-state index contributed by atoms with van der Waals surface area (Å²) in [6.07, 6.45) is 4.77. The first kappa shape index (κ1) is 14.0. The van der Waals surface area contributed by atoms with E-state index in [1.165, 1.54) is 28.8 Å². The van der Waals surface area contributed by atoms with Gasteiger partial charge < -0.3 is 5.32 Å². The van der Waals surface area contributed by atoms with Crippen LogP contribution in [0.2, 0.25) is 5.28 Å². The fourth-order valence-corrected chi connectivity index (χ4v) is 4.54. The van der Waals surface area contributed by atoms with Crippen molar-refractivity contribution in [2.24, 2.45) is 0 Å². The van der Waals surface area contributed by atoms with Crippen LogP contribution in [-0.4, -0.2) is 9.97 Å². The molecule has 0 unspecified atom stereocenters. The Kier molecular flexibility index (Phi) is 3.51. The Labute approximate surface area is 138 Å². The molecule has 1 aliphatic carbocycles. The minimum absolute atomic E-state index is 0.308. The van der Waals surface area contributed by atoms with Crippen molar-refractivity contribution >= 4 is 44.7 Å². The molecule has 1 aliphatic rings. The number of nitrogens with zero attached hydrogens (tertiary/aromatic N) is 2. The average molecular weight is 330 g/mol. The Morgan fingerprint density at radius 2 is 1.95 bits per heavy atom. The highest BCUT2D eigenvalue weighted by Gasteiger charge is 2.21. The standard InChI is InChI=1S/C17H16ClN3S/c1-10-6-2-4-8-12(10)19-15-14-11-7-3-5-9-13(11)22-16(14)21-17(18)20-15/h2,4,6,8H,3,5,7,9H2,1H3,(H,19,20,21). The Bertz CT molecular complexity index is 856. The van der Waals surface area contributed by atoms with Gasteiger partial charge in [0.2, 0.25) is 5.28 Å². The zero-order valence-corrected chi connectivity index (χ0v) is 13.9. The van der Waals surface area contributed by atoms with E-state index in [0.29, 0.717) is 5.28 Å². The topological polar surface area (TPSA) is 37.8 Å². The lowest BCUT2D eigenvalue weighted by molar-refractivity contribution is 0.700. The molecule has 5 heteroatoms. The molecule has 22 heavy (non-hydrogen) atoms. The second-order valence-electron chi connectivity index (χ2n) is 5.67. The first-order chi connectivity index (χ1) is 10.7. The van der Waals surface area contributed by atoms with Gasteiger partial charge in [-0.25, -0.2) is 4.98 Å². The van der Waals surface area contributed by atoms with E-state index >= 15 is 0 Å². The second-order valence-corrected chi connectivity index (χ2v) is 7.09. The summed E-state index contributed by atoms with van der Waals surface area (Å²) >= 11 is 7.91. The maximum atomic E-state index is 6.14. The van der Waals surface area contributed by atoms with Crippen molar-refractivity contribution in [3.63, 3.8) is 0 Å². The van der Waals surface area contributed by atoms with Crippen LogP contribution in [0.5, 0.6) is 0 Å². The number of aryl methyl sites for hydroxylation is 3. The lowest BCUT2D eigenvalue weighted by atomic mass is 9.97. The van der Waals surface area contributed by atoms with E-state index < -0.39 is 0 Å². The average Bonchev–Trinajstić information content (AvgIpc) is 2.87. The maximum absolute atomic E-state index is 6.14. The van der Waals surface area contributed by atoms with E-state index in [0.717, 1.165) is 34.6 Å². The molecular weight excluding hydrogens is 314 g/mol. The predicted octanol–water partition coefficient (Wildman–Crippen LogP) is 5.28. The molecule has 0 saturated carbocycles. The Morgan fingerprint density at radius 3 is 2.82 bits per heavy atom. The highest BCUT2D eigenvalue weighted by Crippen LogP contribution is 2.40. The lowest BCUT2D eigenvalue weighted by Crippen LogP contribution is -2.02. The molecule has 0 radical (unpaired) electrons. The number of hydrogen-bond donors (Lipinski definition) is 1. The summed E-state index contributed by atoms with van der Waals surface area (Å²) in [4.78, 5) is 11.4. The molecule has 3 aromatic rings. The number of anilines is 2. The highest BCUT2D eigenvalue weighted by molar-refractivity contribution is 7.19. The highest BCUT2D eigenvalue weighted by atomic mass is 35.5. The van der Waals surface area contributed by atoms with Crippen LogP contribution in [0.15, 0.2) is 24.3 Å². The van der Waals surface area contributed by atoms with E-state index in [1.807, 2.05) is 12.1 Å². The van der Waals surface area contributed by atoms with Crippen molar-refractivity contribution in [2.45, 2.75) is 32.6 Å². The molecule has 2 heterocycles. The van der Waals surface area contributed by atoms with Crippen molar-refractivity contribution < 1.29 is 0 Å². The zero-order chi connectivity index (χ0) is 15.1. The summed E-state index contributed by atoms with van der Waals surface area (Å²) < 4.78 is 0. The third-order valence-corrected chi connectivity index (χ3v) is 5.54. The van der Waals surface area contributed by atoms with Gasteiger partial charge in [-0.05, 0) is 61.4 Å². The fourth-order valence-electron chi connectivity index (χ4n) is 3.06. The van der Waals surface area contributed by atoms with Crippen molar-refractivity contribution in [2.75, 3.05) is 5.32 Å². The molecule has 0 fully saturated rings. The smallest absolute Gasteiger partial charge is 0.225 e. The molecule has 0 saturated heterocycles. The Balaban J connectivity index is 1.89. The van der Waals surface area contributed by atoms with E-state index in [9.17, 15) is 0 Å². The van der Waals surface area contributed by atoms with Gasteiger partial charge in [0.25, 0.3) is 0 Å². The van der Waals surface area contributed by atoms with Crippen LogP contribution in [0.3, 0.4) is 0 Å². The summed E-state index contributed by atoms with van der Waals surface area (Å²) in [5.41, 5.74) is 3.67. The minimum Gasteiger partial charge on any atom is -0.339 e. The van der Waals surface area contributed by atoms with Gasteiger partial charge in [0.05, 0.1) is 5.39 Å². The van der Waals surface area contributed by atoms with Gasteiger partial charge in [-0.15, -0.1) is 11.3 Å². The van der Waals surface area contributed by atoms with Gasteiger partial charge in [0, 0.05) is 10.6 Å². The van der Waals surface area contributed by atoms with E-state index in [1.54, 1.807) is 11.3 Å². The SMILES string of the molecule is Cc1ccccc1Nc1nc(Cl)nc2sc3c(c12)CCCC3. The van der Waals surface area contributed by atoms with Crippen molar-refractivity contribution in [1.82, 2.24) is 9.97 Å². The van der Waals surface area contributed by atoms with Crippen LogP contribution in [0.1, 0.15) is 28.8 Å². The molecule has 0 aliphatic heterocycles. The number of para-hydroxylation sites is 1. The van der Waals surface area contributed by atoms with Crippen LogP contribution in [0.4, 0.5) is 11.5 Å². The summed E-state index contributed by atoms with van der Waals surface area (Å²) in [6.45, 7) is 2.09. The minimum atomic E-state index is 0.308. The van der Waals surface area contributed by atoms with Crippen LogP contribution in [0.25, 0.3) is 10.2 Å². The fraction of sp³-hybridized carbons (Fsp3) is 0.294. The molecule has 0 atom stereocenters. The van der Waals surface area contributed by atoms with E-state index in [-0.39, 0.29) is 0 Å². The van der Waals surface area contributed by atoms with Gasteiger partial charge in [-0.1, -0.05) is 18.2 Å². The number of aromatic nitrogens is 2. The van der Waals surface area contributed by atoms with Crippen molar-refractivity contribution in [3.05, 3.63) is 45.6 Å². The van der Waals surface area contributed by atoms with Gasteiger partial charge in [-0.3, -0.25) is 0 Å². The number of fused-ring (bicyclic) bond motifs is 3. The van der Waals surface area contributed by atoms with Crippen molar-refractivity contribution in [1.29, 1.82) is 0 Å². The quantitative estimate of drug-likeness (QED) is 0.650. The number of thiophene rings is 1. The van der Waals surface area contributed by atoms with Gasteiger partial charge in [0.15, 0.2) is 0 Å². The van der Waals surface area contributed by atoms with Crippen LogP contribution in [0, 0.1) is 6.92 Å². The summed E-state index contributed by atoms with van der Waals surface area (Å²) in [5, 5.41) is 4.93. The lowest BCUT2D eigenvalue weighted by Gasteiger charge is -2.13. The Hall–Kier alpha value is -1.65. The predicted molar refractivity (Wildman–Crippen MR) is 93.5 cm³/mol. The first-order valence-corrected chi connectivity index (χ1v) is 8.72.